The molecule has 0 radical (unpaired) electrons. The summed E-state index contributed by atoms with van der Waals surface area (Å²) in [6.07, 6.45) is 0.648. The molecule has 0 saturated carbocycles. The van der Waals surface area contributed by atoms with Crippen LogP contribution >= 0.6 is 11.6 Å². The standard InChI is InChI=1S/C25H38ClN3O5/c1-6-16(7-2)21(30)23(32)29(12-8-9-20(29)22(27)31)15-18-13-19(26)11-10-17(18)14-28-24(33)34-25(3,4)5/h10-11,13,16,20-21,30H,6-9,12,14-15H2,1-5H3,(H2-,27,28,31,33)/p+1/t20-,21?,29?/m0/s1. The summed E-state index contributed by atoms with van der Waals surface area (Å²) < 4.78 is 5.07. The number of hydrogen-bond donors (Lipinski definition) is 3. The van der Waals surface area contributed by atoms with Crippen LogP contribution in [-0.4, -0.2) is 51.8 Å². The molecule has 1 aromatic carbocycles. The molecule has 1 fully saturated rings. The lowest BCUT2D eigenvalue weighted by atomic mass is 9.93. The molecule has 4 N–H and O–H groups in total. The number of alkyl carbamates (subject to hydrolysis) is 1. The second-order valence-corrected chi connectivity index (χ2v) is 10.5. The van der Waals surface area contributed by atoms with Crippen molar-refractivity contribution in [3.8, 4) is 0 Å². The fourth-order valence-electron chi connectivity index (χ4n) is 4.79. The normalized spacial score (nSPS) is 21.4. The number of primary amides is 1. The van der Waals surface area contributed by atoms with Gasteiger partial charge < -0.3 is 20.9 Å². The minimum Gasteiger partial charge on any atom is -0.444 e. The SMILES string of the molecule is CCC(CC)C(O)C(=O)[N+]1(Cc2cc(Cl)ccc2CNC(=O)OC(C)(C)C)CCC[C@H]1C(N)=O. The van der Waals surface area contributed by atoms with Crippen LogP contribution in [0, 0.1) is 5.92 Å². The van der Waals surface area contributed by atoms with Crippen LogP contribution in [0.3, 0.4) is 0 Å². The Labute approximate surface area is 207 Å². The van der Waals surface area contributed by atoms with E-state index in [0.29, 0.717) is 42.8 Å². The number of benzene rings is 1. The molecule has 2 unspecified atom stereocenters. The maximum absolute atomic E-state index is 13.8. The smallest absolute Gasteiger partial charge is 0.407 e. The van der Waals surface area contributed by atoms with Gasteiger partial charge in [-0.25, -0.2) is 14.1 Å². The summed E-state index contributed by atoms with van der Waals surface area (Å²) in [5.74, 6) is -1.15. The Balaban J connectivity index is 2.42. The number of aliphatic hydroxyl groups is 1. The van der Waals surface area contributed by atoms with Crippen LogP contribution in [0.2, 0.25) is 5.02 Å². The van der Waals surface area contributed by atoms with E-state index in [1.54, 1.807) is 39.0 Å². The Morgan fingerprint density at radius 2 is 1.88 bits per heavy atom. The molecule has 34 heavy (non-hydrogen) atoms. The highest BCUT2D eigenvalue weighted by Crippen LogP contribution is 2.34. The van der Waals surface area contributed by atoms with Gasteiger partial charge in [-0.15, -0.1) is 0 Å². The molecule has 9 heteroatoms. The molecule has 1 aliphatic heterocycles. The summed E-state index contributed by atoms with van der Waals surface area (Å²) in [6.45, 7) is 9.91. The van der Waals surface area contributed by atoms with E-state index < -0.39 is 29.7 Å². The van der Waals surface area contributed by atoms with Crippen molar-refractivity contribution >= 4 is 29.5 Å². The quantitative estimate of drug-likeness (QED) is 0.451. The Hall–Kier alpha value is -2.16. The Morgan fingerprint density at radius 3 is 2.44 bits per heavy atom. The number of nitrogens with zero attached hydrogens (tertiary/aromatic N) is 1. The lowest BCUT2D eigenvalue weighted by Gasteiger charge is -2.39. The number of carbonyl (C=O) groups excluding carboxylic acids is 3. The van der Waals surface area contributed by atoms with Crippen LogP contribution in [-0.2, 0) is 27.4 Å². The van der Waals surface area contributed by atoms with Crippen molar-refractivity contribution in [3.05, 3.63) is 34.3 Å². The van der Waals surface area contributed by atoms with Crippen LogP contribution in [0.25, 0.3) is 0 Å². The van der Waals surface area contributed by atoms with E-state index in [1.807, 2.05) is 13.8 Å². The molecule has 1 aliphatic rings. The topological polar surface area (TPSA) is 119 Å². The van der Waals surface area contributed by atoms with Gasteiger partial charge in [0, 0.05) is 30.0 Å². The molecule has 1 aromatic rings. The van der Waals surface area contributed by atoms with Crippen LogP contribution < -0.4 is 11.1 Å². The van der Waals surface area contributed by atoms with E-state index in [1.165, 1.54) is 0 Å². The average molecular weight is 497 g/mol. The number of nitrogens with two attached hydrogens (primary N) is 1. The highest BCUT2D eigenvalue weighted by molar-refractivity contribution is 6.30. The molecular formula is C25H39ClN3O5+. The fraction of sp³-hybridized carbons (Fsp3) is 0.640. The van der Waals surface area contributed by atoms with Gasteiger partial charge >= 0.3 is 12.0 Å². The maximum atomic E-state index is 13.8. The number of quaternary nitrogens is 1. The minimum absolute atomic E-state index is 0.148. The monoisotopic (exact) mass is 496 g/mol. The Kier molecular flexibility index (Phi) is 9.51. The third-order valence-corrected chi connectivity index (χ3v) is 6.82. The summed E-state index contributed by atoms with van der Waals surface area (Å²) in [5.41, 5.74) is 6.56. The van der Waals surface area contributed by atoms with Gasteiger partial charge in [0.25, 0.3) is 5.91 Å². The number of amides is 3. The van der Waals surface area contributed by atoms with Gasteiger partial charge in [-0.3, -0.25) is 4.79 Å². The fourth-order valence-corrected chi connectivity index (χ4v) is 4.98. The Bertz CT molecular complexity index is 897. The molecule has 3 atom stereocenters. The lowest BCUT2D eigenvalue weighted by Crippen LogP contribution is -2.63. The van der Waals surface area contributed by atoms with Crippen LogP contribution in [0.15, 0.2) is 18.2 Å². The van der Waals surface area contributed by atoms with E-state index in [4.69, 9.17) is 22.1 Å². The lowest BCUT2D eigenvalue weighted by molar-refractivity contribution is -0.872. The number of carbonyl (C=O) groups is 3. The first kappa shape index (κ1) is 28.1. The molecule has 190 valence electrons. The first-order valence-electron chi connectivity index (χ1n) is 12.0. The summed E-state index contributed by atoms with van der Waals surface area (Å²) in [7, 11) is 0. The summed E-state index contributed by atoms with van der Waals surface area (Å²) in [6, 6.07) is 4.49. The van der Waals surface area contributed by atoms with E-state index in [9.17, 15) is 19.5 Å². The van der Waals surface area contributed by atoms with E-state index in [2.05, 4.69) is 5.32 Å². The predicted molar refractivity (Wildman–Crippen MR) is 131 cm³/mol. The van der Waals surface area contributed by atoms with Gasteiger partial charge in [0.15, 0.2) is 12.1 Å². The van der Waals surface area contributed by atoms with E-state index in [0.717, 1.165) is 5.56 Å². The van der Waals surface area contributed by atoms with Gasteiger partial charge in [-0.1, -0.05) is 44.4 Å². The van der Waals surface area contributed by atoms with Gasteiger partial charge in [0.1, 0.15) is 12.1 Å². The third kappa shape index (κ3) is 6.71. The number of likely N-dealkylation sites (tertiary alicyclic amines) is 1. The first-order valence-corrected chi connectivity index (χ1v) is 12.3. The molecule has 1 heterocycles. The van der Waals surface area contributed by atoms with Crippen molar-refractivity contribution in [1.29, 1.82) is 0 Å². The van der Waals surface area contributed by atoms with E-state index >= 15 is 0 Å². The van der Waals surface area contributed by atoms with Crippen LogP contribution in [0.4, 0.5) is 4.79 Å². The summed E-state index contributed by atoms with van der Waals surface area (Å²) >= 11 is 6.29. The molecule has 2 rings (SSSR count). The van der Waals surface area contributed by atoms with Gasteiger partial charge in [0.05, 0.1) is 6.54 Å². The molecular weight excluding hydrogens is 458 g/mol. The summed E-state index contributed by atoms with van der Waals surface area (Å²) in [4.78, 5) is 38.4. The second-order valence-electron chi connectivity index (χ2n) is 10.1. The molecule has 3 amide bonds. The van der Waals surface area contributed by atoms with Crippen molar-refractivity contribution in [1.82, 2.24) is 5.32 Å². The average Bonchev–Trinajstić information content (AvgIpc) is 3.17. The van der Waals surface area contributed by atoms with Crippen LogP contribution in [0.1, 0.15) is 71.4 Å². The zero-order chi connectivity index (χ0) is 25.7. The zero-order valence-corrected chi connectivity index (χ0v) is 21.7. The number of ether oxygens (including phenoxy) is 1. The highest BCUT2D eigenvalue weighted by atomic mass is 35.5. The van der Waals surface area contributed by atoms with Gasteiger partial charge in [-0.2, -0.15) is 0 Å². The van der Waals surface area contributed by atoms with Crippen molar-refractivity contribution in [2.75, 3.05) is 6.54 Å². The zero-order valence-electron chi connectivity index (χ0n) is 20.9. The number of rotatable bonds is 9. The third-order valence-electron chi connectivity index (χ3n) is 6.59. The summed E-state index contributed by atoms with van der Waals surface area (Å²) in [5, 5.41) is 14.2. The Morgan fingerprint density at radius 1 is 1.24 bits per heavy atom. The van der Waals surface area contributed by atoms with E-state index in [-0.39, 0.29) is 29.4 Å². The van der Waals surface area contributed by atoms with Crippen molar-refractivity contribution in [2.45, 2.75) is 91.1 Å². The largest absolute Gasteiger partial charge is 0.444 e. The van der Waals surface area contributed by atoms with Gasteiger partial charge in [-0.05, 0) is 44.4 Å². The van der Waals surface area contributed by atoms with Crippen molar-refractivity contribution < 1.29 is 28.7 Å². The molecule has 0 aromatic heterocycles. The van der Waals surface area contributed by atoms with Gasteiger partial charge in [0.2, 0.25) is 0 Å². The molecule has 0 spiro atoms. The molecule has 0 bridgehead atoms. The molecule has 0 aliphatic carbocycles. The number of nitrogens with one attached hydrogen (secondary N) is 1. The predicted octanol–water partition coefficient (Wildman–Crippen LogP) is 3.65. The molecule has 8 nitrogen and oxygen atoms in total. The number of hydrogen-bond acceptors (Lipinski definition) is 5. The maximum Gasteiger partial charge on any atom is 0.407 e. The second kappa shape index (κ2) is 11.5. The number of aliphatic hydroxyl groups excluding tert-OH is 1. The van der Waals surface area contributed by atoms with Crippen LogP contribution in [0.5, 0.6) is 0 Å². The minimum atomic E-state index is -1.20. The first-order chi connectivity index (χ1) is 15.8. The van der Waals surface area contributed by atoms with Crippen molar-refractivity contribution in [3.63, 3.8) is 0 Å². The van der Waals surface area contributed by atoms with Crippen molar-refractivity contribution in [2.24, 2.45) is 11.7 Å². The molecule has 1 saturated heterocycles. The number of halogens is 1. The highest BCUT2D eigenvalue weighted by Gasteiger charge is 2.54.